The Kier molecular flexibility index (Phi) is 3.68. The molecule has 0 saturated carbocycles. The molecule has 0 saturated heterocycles. The van der Waals surface area contributed by atoms with E-state index in [2.05, 4.69) is 9.05 Å². The maximum absolute atomic E-state index is 10.8. The predicted molar refractivity (Wildman–Crippen MR) is 38.5 cm³/mol. The SMILES string of the molecule is COP(N)(=O)OC(=O)C(C)N. The van der Waals surface area contributed by atoms with Gasteiger partial charge in [0.15, 0.2) is 0 Å². The van der Waals surface area contributed by atoms with E-state index in [1.54, 1.807) is 0 Å². The summed E-state index contributed by atoms with van der Waals surface area (Å²) in [5.41, 5.74) is 9.98. The average Bonchev–Trinajstić information content (AvgIpc) is 1.87. The van der Waals surface area contributed by atoms with Crippen LogP contribution in [0.2, 0.25) is 0 Å². The normalized spacial score (nSPS) is 18.5. The molecule has 66 valence electrons. The lowest BCUT2D eigenvalue weighted by atomic mass is 10.4. The van der Waals surface area contributed by atoms with Gasteiger partial charge in [0.2, 0.25) is 0 Å². The van der Waals surface area contributed by atoms with Gasteiger partial charge < -0.3 is 10.3 Å². The molecule has 0 spiro atoms. The summed E-state index contributed by atoms with van der Waals surface area (Å²) in [7, 11) is -2.63. The Labute approximate surface area is 64.4 Å². The molecule has 6 nitrogen and oxygen atoms in total. The molecular weight excluding hydrogens is 171 g/mol. The largest absolute Gasteiger partial charge is 0.457 e. The van der Waals surface area contributed by atoms with E-state index in [1.807, 2.05) is 0 Å². The highest BCUT2D eigenvalue weighted by Gasteiger charge is 2.23. The molecule has 2 atom stereocenters. The van der Waals surface area contributed by atoms with Crippen LogP contribution in [0.5, 0.6) is 0 Å². The fourth-order valence-corrected chi connectivity index (χ4v) is 0.737. The van der Waals surface area contributed by atoms with E-state index in [-0.39, 0.29) is 0 Å². The van der Waals surface area contributed by atoms with Crippen molar-refractivity contribution >= 4 is 13.7 Å². The van der Waals surface area contributed by atoms with E-state index < -0.39 is 19.8 Å². The van der Waals surface area contributed by atoms with Crippen molar-refractivity contribution in [3.63, 3.8) is 0 Å². The summed E-state index contributed by atoms with van der Waals surface area (Å²) in [6, 6.07) is -0.859. The van der Waals surface area contributed by atoms with Crippen molar-refractivity contribution in [1.82, 2.24) is 0 Å². The smallest absolute Gasteiger partial charge is 0.379 e. The van der Waals surface area contributed by atoms with Crippen molar-refractivity contribution in [2.45, 2.75) is 13.0 Å². The average molecular weight is 182 g/mol. The molecule has 0 rings (SSSR count). The Morgan fingerprint density at radius 2 is 2.09 bits per heavy atom. The van der Waals surface area contributed by atoms with E-state index in [1.165, 1.54) is 6.92 Å². The van der Waals surface area contributed by atoms with Gasteiger partial charge in [-0.2, -0.15) is 0 Å². The number of rotatable bonds is 3. The molecule has 0 radical (unpaired) electrons. The molecule has 0 aromatic carbocycles. The van der Waals surface area contributed by atoms with Gasteiger partial charge in [0, 0.05) is 7.11 Å². The van der Waals surface area contributed by atoms with Crippen LogP contribution < -0.4 is 11.2 Å². The highest BCUT2D eigenvalue weighted by molar-refractivity contribution is 7.51. The molecule has 7 heteroatoms. The third-order valence-electron chi connectivity index (χ3n) is 0.843. The summed E-state index contributed by atoms with van der Waals surface area (Å²) in [4.78, 5) is 10.6. The van der Waals surface area contributed by atoms with Gasteiger partial charge in [-0.15, -0.1) is 0 Å². The van der Waals surface area contributed by atoms with Crippen LogP contribution in [0.1, 0.15) is 6.92 Å². The lowest BCUT2D eigenvalue weighted by Gasteiger charge is -2.11. The number of nitrogens with two attached hydrogens (primary N) is 2. The molecule has 2 unspecified atom stereocenters. The van der Waals surface area contributed by atoms with E-state index in [9.17, 15) is 9.36 Å². The van der Waals surface area contributed by atoms with Crippen LogP contribution in [-0.4, -0.2) is 19.1 Å². The fraction of sp³-hybridized carbons (Fsp3) is 0.750. The second-order valence-electron chi connectivity index (χ2n) is 1.92. The van der Waals surface area contributed by atoms with E-state index >= 15 is 0 Å². The Morgan fingerprint density at radius 3 is 2.36 bits per heavy atom. The molecule has 0 aliphatic carbocycles. The zero-order chi connectivity index (χ0) is 9.07. The highest BCUT2D eigenvalue weighted by atomic mass is 31.2. The van der Waals surface area contributed by atoms with E-state index in [0.717, 1.165) is 7.11 Å². The van der Waals surface area contributed by atoms with Gasteiger partial charge >= 0.3 is 13.7 Å². The van der Waals surface area contributed by atoms with Crippen LogP contribution in [-0.2, 0) is 18.4 Å². The van der Waals surface area contributed by atoms with Crippen LogP contribution >= 0.6 is 7.75 Å². The Balaban J connectivity index is 4.05. The second kappa shape index (κ2) is 3.82. The first-order chi connectivity index (χ1) is 4.89. The van der Waals surface area contributed by atoms with Crippen LogP contribution in [0.3, 0.4) is 0 Å². The zero-order valence-corrected chi connectivity index (χ0v) is 7.21. The summed E-state index contributed by atoms with van der Waals surface area (Å²) < 4.78 is 19.1. The zero-order valence-electron chi connectivity index (χ0n) is 6.31. The monoisotopic (exact) mass is 182 g/mol. The topological polar surface area (TPSA) is 105 Å². The molecule has 4 N–H and O–H groups in total. The maximum Gasteiger partial charge on any atom is 0.457 e. The summed E-state index contributed by atoms with van der Waals surface area (Å²) in [5.74, 6) is -0.849. The van der Waals surface area contributed by atoms with Gasteiger partial charge in [0.1, 0.15) is 6.04 Å². The summed E-state index contributed by atoms with van der Waals surface area (Å²) in [6.45, 7) is 1.39. The summed E-state index contributed by atoms with van der Waals surface area (Å²) in [5, 5.41) is 0. The lowest BCUT2D eigenvalue weighted by molar-refractivity contribution is -0.136. The van der Waals surface area contributed by atoms with Crippen molar-refractivity contribution in [3.8, 4) is 0 Å². The van der Waals surface area contributed by atoms with Gasteiger partial charge in [-0.1, -0.05) is 0 Å². The molecule has 0 bridgehead atoms. The molecule has 0 aromatic rings. The second-order valence-corrected chi connectivity index (χ2v) is 3.55. The lowest BCUT2D eigenvalue weighted by Crippen LogP contribution is -2.28. The fourth-order valence-electron chi connectivity index (χ4n) is 0.246. The first kappa shape index (κ1) is 10.6. The Bertz CT molecular complexity index is 193. The standard InChI is InChI=1S/C4H11N2O4P/c1-3(5)4(7)10-11(6,8)9-2/h3H,5H2,1-2H3,(H2,6,8). The van der Waals surface area contributed by atoms with Gasteiger partial charge in [-0.3, -0.25) is 9.32 Å². The first-order valence-electron chi connectivity index (χ1n) is 2.82. The van der Waals surface area contributed by atoms with Crippen LogP contribution in [0, 0.1) is 0 Å². The maximum atomic E-state index is 10.8. The molecular formula is C4H11N2O4P. The van der Waals surface area contributed by atoms with Crippen LogP contribution in [0.15, 0.2) is 0 Å². The molecule has 0 fully saturated rings. The van der Waals surface area contributed by atoms with Gasteiger partial charge in [-0.25, -0.2) is 10.1 Å². The third-order valence-corrected chi connectivity index (χ3v) is 1.79. The Hall–Kier alpha value is -0.420. The first-order valence-corrected chi connectivity index (χ1v) is 4.43. The third kappa shape index (κ3) is 4.10. The van der Waals surface area contributed by atoms with Gasteiger partial charge in [0.25, 0.3) is 0 Å². The Morgan fingerprint density at radius 1 is 1.64 bits per heavy atom. The van der Waals surface area contributed by atoms with Crippen molar-refractivity contribution in [1.29, 1.82) is 0 Å². The molecule has 0 aliphatic heterocycles. The van der Waals surface area contributed by atoms with Gasteiger partial charge in [0.05, 0.1) is 0 Å². The minimum Gasteiger partial charge on any atom is -0.379 e. The predicted octanol–water partition coefficient (Wildman–Crippen LogP) is -0.410. The molecule has 0 heterocycles. The molecule has 11 heavy (non-hydrogen) atoms. The molecule has 0 amide bonds. The van der Waals surface area contributed by atoms with Crippen molar-refractivity contribution in [2.75, 3.05) is 7.11 Å². The number of hydrogen-bond donors (Lipinski definition) is 2. The van der Waals surface area contributed by atoms with Crippen LogP contribution in [0.4, 0.5) is 0 Å². The number of carbonyl (C=O) groups is 1. The molecule has 0 aliphatic rings. The molecule has 0 aromatic heterocycles. The van der Waals surface area contributed by atoms with Crippen molar-refractivity contribution in [2.24, 2.45) is 11.2 Å². The number of carbonyl (C=O) groups excluding carboxylic acids is 1. The highest BCUT2D eigenvalue weighted by Crippen LogP contribution is 2.37. The minimum absolute atomic E-state index is 0.849. The summed E-state index contributed by atoms with van der Waals surface area (Å²) >= 11 is 0. The van der Waals surface area contributed by atoms with Crippen molar-refractivity contribution in [3.05, 3.63) is 0 Å². The minimum atomic E-state index is -3.71. The van der Waals surface area contributed by atoms with Gasteiger partial charge in [-0.05, 0) is 6.92 Å². The van der Waals surface area contributed by atoms with E-state index in [0.29, 0.717) is 0 Å². The van der Waals surface area contributed by atoms with Crippen molar-refractivity contribution < 1.29 is 18.4 Å². The van der Waals surface area contributed by atoms with E-state index in [4.69, 9.17) is 11.2 Å². The number of hydrogen-bond acceptors (Lipinski definition) is 5. The quantitative estimate of drug-likeness (QED) is 0.575. The summed E-state index contributed by atoms with van der Waals surface area (Å²) in [6.07, 6.45) is 0. The van der Waals surface area contributed by atoms with Crippen LogP contribution in [0.25, 0.3) is 0 Å².